The van der Waals surface area contributed by atoms with E-state index in [0.717, 1.165) is 11.1 Å². The molecular weight excluding hydrogens is 1110 g/mol. The van der Waals surface area contributed by atoms with Gasteiger partial charge in [-0.3, -0.25) is 18.7 Å². The number of para-hydroxylation sites is 2. The van der Waals surface area contributed by atoms with Crippen molar-refractivity contribution in [2.45, 2.75) is 64.2 Å². The number of ether oxygens (including phenoxy) is 2. The van der Waals surface area contributed by atoms with Crippen molar-refractivity contribution in [2.75, 3.05) is 47.4 Å². The molecule has 24 heteroatoms. The molecule has 4 aromatic carbocycles. The number of aldehydes is 2. The van der Waals surface area contributed by atoms with Crippen molar-refractivity contribution in [2.24, 2.45) is 0 Å². The second-order valence-electron chi connectivity index (χ2n) is 20.5. The van der Waals surface area contributed by atoms with Gasteiger partial charge in [0, 0.05) is 50.4 Å². The van der Waals surface area contributed by atoms with Crippen molar-refractivity contribution in [3.05, 3.63) is 154 Å². The van der Waals surface area contributed by atoms with Crippen molar-refractivity contribution in [1.82, 2.24) is 29.5 Å². The highest BCUT2D eigenvalue weighted by atomic mass is 35.5. The van der Waals surface area contributed by atoms with Gasteiger partial charge < -0.3 is 18.3 Å². The lowest BCUT2D eigenvalue weighted by molar-refractivity contribution is 0.111. The van der Waals surface area contributed by atoms with Crippen LogP contribution in [0.4, 0.5) is 11.9 Å². The van der Waals surface area contributed by atoms with Gasteiger partial charge in [-0.2, -0.15) is 0 Å². The van der Waals surface area contributed by atoms with Gasteiger partial charge in [0.05, 0.1) is 38.3 Å². The van der Waals surface area contributed by atoms with Crippen LogP contribution in [0.2, 0.25) is 61.4 Å². The Kier molecular flexibility index (Phi) is 19.1. The molecule has 0 aliphatic carbocycles. The maximum absolute atomic E-state index is 14.0. The van der Waals surface area contributed by atoms with Crippen LogP contribution in [0.3, 0.4) is 0 Å². The largest absolute Gasteiger partial charge is 0.495 e. The quantitative estimate of drug-likeness (QED) is 0.0406. The van der Waals surface area contributed by atoms with E-state index < -0.39 is 36.2 Å². The Balaban J connectivity index is 0.000000226. The normalized spacial score (nSPS) is 11.9. The van der Waals surface area contributed by atoms with Crippen LogP contribution in [-0.2, 0) is 32.9 Å². The predicted molar refractivity (Wildman–Crippen MR) is 311 cm³/mol. The zero-order chi connectivity index (χ0) is 56.4. The standard InChI is InChI=1S/2C27H31ClN4O5SSi/c2*1-36-23-8-5-7-21(19-33)25(23)32-26(24-9-6-16-37-24)29-30-27(32)31(15-18-39(2,3)4)38(34,35)17-14-20-10-12-22(28)13-11-20/h2*5-13,16,19H,14-15,17-18H2,1-4H3. The zero-order valence-corrected chi connectivity index (χ0v) is 49.7. The van der Waals surface area contributed by atoms with Gasteiger partial charge in [0.2, 0.25) is 43.6 Å². The number of benzene rings is 4. The molecular formula is C54H62Cl2N8O10S2Si2. The van der Waals surface area contributed by atoms with E-state index in [2.05, 4.69) is 59.7 Å². The van der Waals surface area contributed by atoms with Crippen LogP contribution in [0.15, 0.2) is 131 Å². The number of aryl methyl sites for hydroxylation is 2. The summed E-state index contributed by atoms with van der Waals surface area (Å²) in [5, 5.41) is 18.5. The molecule has 0 saturated heterocycles. The Bertz CT molecular complexity index is 3300. The van der Waals surface area contributed by atoms with Crippen LogP contribution < -0.4 is 18.1 Å². The number of anilines is 2. The third-order valence-electron chi connectivity index (χ3n) is 12.3. The topological polar surface area (TPSA) is 215 Å². The third kappa shape index (κ3) is 14.4. The highest BCUT2D eigenvalue weighted by Gasteiger charge is 2.35. The van der Waals surface area contributed by atoms with E-state index in [9.17, 15) is 26.4 Å². The molecule has 0 saturated carbocycles. The van der Waals surface area contributed by atoms with Gasteiger partial charge in [-0.1, -0.05) is 98.9 Å². The summed E-state index contributed by atoms with van der Waals surface area (Å²) in [4.78, 5) is 24.3. The van der Waals surface area contributed by atoms with E-state index in [1.807, 2.05) is 24.3 Å². The van der Waals surface area contributed by atoms with Gasteiger partial charge in [0.25, 0.3) is 0 Å². The molecule has 78 heavy (non-hydrogen) atoms. The number of sulfonamides is 2. The van der Waals surface area contributed by atoms with Gasteiger partial charge in [0.1, 0.15) is 22.9 Å². The fourth-order valence-corrected chi connectivity index (χ4v) is 13.4. The summed E-state index contributed by atoms with van der Waals surface area (Å²) in [6.07, 6.45) is 4.93. The lowest BCUT2D eigenvalue weighted by Crippen LogP contribution is -2.39. The number of carbonyl (C=O) groups excluding carboxylic acids is 2. The van der Waals surface area contributed by atoms with Crippen LogP contribution in [-0.4, -0.2) is 114 Å². The fraction of sp³-hybridized carbons (Fsp3) is 0.296. The summed E-state index contributed by atoms with van der Waals surface area (Å²) < 4.78 is 84.0. The van der Waals surface area contributed by atoms with Crippen molar-refractivity contribution < 1.29 is 44.7 Å². The first kappa shape index (κ1) is 58.8. The van der Waals surface area contributed by atoms with Crippen molar-refractivity contribution >= 4 is 83.9 Å². The van der Waals surface area contributed by atoms with Crippen molar-refractivity contribution in [3.63, 3.8) is 0 Å². The molecule has 0 atom stereocenters. The highest BCUT2D eigenvalue weighted by molar-refractivity contribution is 7.93. The Hall–Kier alpha value is -6.83. The smallest absolute Gasteiger partial charge is 0.246 e. The maximum atomic E-state index is 14.0. The summed E-state index contributed by atoms with van der Waals surface area (Å²) in [7, 11) is -8.18. The van der Waals surface area contributed by atoms with Crippen molar-refractivity contribution in [3.8, 4) is 46.0 Å². The van der Waals surface area contributed by atoms with Gasteiger partial charge >= 0.3 is 0 Å². The molecule has 8 aromatic rings. The molecule has 0 radical (unpaired) electrons. The second kappa shape index (κ2) is 25.3. The van der Waals surface area contributed by atoms with E-state index in [1.54, 1.807) is 84.9 Å². The molecule has 0 aliphatic rings. The monoisotopic (exact) mass is 1170 g/mol. The van der Waals surface area contributed by atoms with E-state index in [4.69, 9.17) is 41.5 Å². The van der Waals surface area contributed by atoms with Crippen LogP contribution in [0.5, 0.6) is 11.5 Å². The predicted octanol–water partition coefficient (Wildman–Crippen LogP) is 11.4. The first-order valence-corrected chi connectivity index (χ1v) is 36.2. The minimum absolute atomic E-state index is 0.0587. The Morgan fingerprint density at radius 2 is 0.910 bits per heavy atom. The Morgan fingerprint density at radius 3 is 1.22 bits per heavy atom. The molecule has 0 bridgehead atoms. The summed E-state index contributed by atoms with van der Waals surface area (Å²) >= 11 is 12.0. The number of rotatable bonds is 24. The lowest BCUT2D eigenvalue weighted by Gasteiger charge is -2.27. The SMILES string of the molecule is COc1cccc(C=O)c1-n1c(-c2ccco2)nnc1N(CC[Si](C)(C)C)S(=O)(=O)CCc1ccc(Cl)cc1.COc1cccc(C=O)c1-n1c(-c2ccco2)nnc1N(CC[Si](C)(C)C)S(=O)(=O)CCc1ccc(Cl)cc1. The molecule has 0 aliphatic heterocycles. The summed E-state index contributed by atoms with van der Waals surface area (Å²) in [5.41, 5.74) is 2.91. The highest BCUT2D eigenvalue weighted by Crippen LogP contribution is 2.38. The molecule has 4 heterocycles. The minimum Gasteiger partial charge on any atom is -0.495 e. The second-order valence-corrected chi connectivity index (χ2v) is 36.6. The van der Waals surface area contributed by atoms with Gasteiger partial charge in [0.15, 0.2) is 24.1 Å². The number of furan rings is 2. The van der Waals surface area contributed by atoms with Crippen LogP contribution in [0.1, 0.15) is 31.8 Å². The minimum atomic E-state index is -3.89. The van der Waals surface area contributed by atoms with E-state index in [-0.39, 0.29) is 72.1 Å². The number of aromatic nitrogens is 6. The molecule has 0 fully saturated rings. The summed E-state index contributed by atoms with van der Waals surface area (Å²) in [5.74, 6) is 1.73. The van der Waals surface area contributed by atoms with Gasteiger partial charge in [-0.05, 0) is 109 Å². The van der Waals surface area contributed by atoms with Crippen LogP contribution in [0, 0.1) is 0 Å². The first-order chi connectivity index (χ1) is 37.1. The first-order valence-electron chi connectivity index (χ1n) is 24.8. The number of halogens is 2. The molecule has 18 nitrogen and oxygen atoms in total. The van der Waals surface area contributed by atoms with Gasteiger partial charge in [-0.25, -0.2) is 25.4 Å². The number of hydrogen-bond donors (Lipinski definition) is 0. The lowest BCUT2D eigenvalue weighted by atomic mass is 10.1. The molecule has 4 aromatic heterocycles. The van der Waals surface area contributed by atoms with Crippen LogP contribution in [0.25, 0.3) is 34.5 Å². The maximum Gasteiger partial charge on any atom is 0.246 e. The number of nitrogens with zero attached hydrogens (tertiary/aromatic N) is 8. The average Bonchev–Trinajstić information content (AvgIpc) is 4.36. The third-order valence-corrected chi connectivity index (χ3v) is 19.8. The zero-order valence-electron chi connectivity index (χ0n) is 44.6. The molecule has 0 spiro atoms. The van der Waals surface area contributed by atoms with E-state index in [0.29, 0.717) is 69.1 Å². The van der Waals surface area contributed by atoms with E-state index >= 15 is 0 Å². The van der Waals surface area contributed by atoms with Gasteiger partial charge in [-0.15, -0.1) is 20.4 Å². The molecule has 8 rings (SSSR count). The molecule has 0 N–H and O–H groups in total. The Morgan fingerprint density at radius 1 is 0.538 bits per heavy atom. The summed E-state index contributed by atoms with van der Waals surface area (Å²) in [6, 6.07) is 32.4. The molecule has 412 valence electrons. The molecule has 0 unspecified atom stereocenters. The fourth-order valence-electron chi connectivity index (χ4n) is 8.11. The van der Waals surface area contributed by atoms with Crippen molar-refractivity contribution in [1.29, 1.82) is 0 Å². The Labute approximate surface area is 467 Å². The van der Waals surface area contributed by atoms with Crippen LogP contribution >= 0.6 is 23.2 Å². The average molecular weight is 1170 g/mol. The number of carbonyl (C=O) groups is 2. The molecule has 0 amide bonds. The number of methoxy groups -OCH3 is 2. The summed E-state index contributed by atoms with van der Waals surface area (Å²) in [6.45, 7) is 13.5. The van der Waals surface area contributed by atoms with E-state index in [1.165, 1.54) is 44.5 Å². The number of hydrogen-bond acceptors (Lipinski definition) is 14.